The molecule has 1 aliphatic heterocycles. The zero-order chi connectivity index (χ0) is 18.1. The molecule has 1 aliphatic rings. The molecular weight excluding hydrogens is 322 g/mol. The highest BCUT2D eigenvalue weighted by atomic mass is 16.3. The molecule has 1 N–H and O–H groups in total. The maximum Gasteiger partial charge on any atom is 0.135 e. The minimum absolute atomic E-state index is 0.530. The Hall–Kier alpha value is -3.45. The molecule has 0 amide bonds. The third kappa shape index (κ3) is 2.84. The maximum absolute atomic E-state index is 9.30. The summed E-state index contributed by atoms with van der Waals surface area (Å²) in [6, 6.07) is 18.9. The van der Waals surface area contributed by atoms with Crippen molar-refractivity contribution < 1.29 is 4.42 Å². The minimum atomic E-state index is 0.530. The van der Waals surface area contributed by atoms with Crippen LogP contribution in [0.4, 0.5) is 5.69 Å². The van der Waals surface area contributed by atoms with E-state index >= 15 is 0 Å². The number of nitrogens with zero attached hydrogens (tertiary/aromatic N) is 2. The Morgan fingerprint density at radius 3 is 2.58 bits per heavy atom. The predicted molar refractivity (Wildman–Crippen MR) is 106 cm³/mol. The minimum Gasteiger partial charge on any atom is -0.456 e. The summed E-state index contributed by atoms with van der Waals surface area (Å²) in [7, 11) is 4.08. The molecule has 4 nitrogen and oxygen atoms in total. The molecule has 2 heterocycles. The van der Waals surface area contributed by atoms with Gasteiger partial charge in [0.15, 0.2) is 0 Å². The summed E-state index contributed by atoms with van der Waals surface area (Å²) in [6.07, 6.45) is 3.73. The molecular formula is C22H19N3O. The summed E-state index contributed by atoms with van der Waals surface area (Å²) < 4.78 is 6.06. The van der Waals surface area contributed by atoms with Crippen LogP contribution in [-0.2, 0) is 0 Å². The van der Waals surface area contributed by atoms with E-state index in [0.717, 1.165) is 22.7 Å². The van der Waals surface area contributed by atoms with E-state index in [4.69, 9.17) is 4.42 Å². The number of nitrogens with one attached hydrogen (secondary N) is 1. The van der Waals surface area contributed by atoms with Gasteiger partial charge in [-0.3, -0.25) is 0 Å². The number of fused-ring (bicyclic) bond motifs is 1. The van der Waals surface area contributed by atoms with Crippen LogP contribution < -0.4 is 10.2 Å². The predicted octanol–water partition coefficient (Wildman–Crippen LogP) is 4.56. The first-order valence-electron chi connectivity index (χ1n) is 8.50. The number of hydrogen-bond acceptors (Lipinski definition) is 4. The molecule has 4 rings (SSSR count). The largest absolute Gasteiger partial charge is 0.456 e. The van der Waals surface area contributed by atoms with Crippen LogP contribution in [0.25, 0.3) is 27.7 Å². The van der Waals surface area contributed by atoms with Crippen LogP contribution in [0, 0.1) is 11.3 Å². The fraction of sp³-hybridized carbons (Fsp3) is 0.136. The number of anilines is 1. The molecule has 0 saturated heterocycles. The summed E-state index contributed by atoms with van der Waals surface area (Å²) in [5.74, 6) is 1.52. The third-order valence-corrected chi connectivity index (χ3v) is 4.60. The van der Waals surface area contributed by atoms with Gasteiger partial charge in [0, 0.05) is 30.9 Å². The number of rotatable bonds is 3. The molecule has 128 valence electrons. The molecule has 1 aromatic heterocycles. The van der Waals surface area contributed by atoms with Crippen molar-refractivity contribution in [3.05, 3.63) is 72.1 Å². The summed E-state index contributed by atoms with van der Waals surface area (Å²) in [5.41, 5.74) is 3.73. The molecule has 0 radical (unpaired) electrons. The van der Waals surface area contributed by atoms with E-state index in [9.17, 15) is 5.26 Å². The molecule has 3 aromatic rings. The number of hydrogen-bond donors (Lipinski definition) is 1. The van der Waals surface area contributed by atoms with Crippen molar-refractivity contribution in [2.24, 2.45) is 0 Å². The maximum atomic E-state index is 9.30. The number of nitriles is 1. The van der Waals surface area contributed by atoms with Gasteiger partial charge in [-0.1, -0.05) is 18.2 Å². The van der Waals surface area contributed by atoms with Gasteiger partial charge in [0.1, 0.15) is 11.5 Å². The van der Waals surface area contributed by atoms with E-state index in [2.05, 4.69) is 52.7 Å². The highest BCUT2D eigenvalue weighted by Crippen LogP contribution is 2.31. The van der Waals surface area contributed by atoms with Gasteiger partial charge in [-0.05, 0) is 53.4 Å². The zero-order valence-corrected chi connectivity index (χ0v) is 14.8. The Bertz CT molecular complexity index is 1080. The second kappa shape index (κ2) is 6.45. The van der Waals surface area contributed by atoms with Crippen molar-refractivity contribution in [2.45, 2.75) is 0 Å². The van der Waals surface area contributed by atoms with Crippen LogP contribution in [0.3, 0.4) is 0 Å². The topological polar surface area (TPSA) is 52.2 Å². The molecule has 2 aromatic carbocycles. The average molecular weight is 341 g/mol. The molecule has 0 atom stereocenters. The number of dihydropyridines is 1. The van der Waals surface area contributed by atoms with Crippen molar-refractivity contribution in [1.29, 1.82) is 5.26 Å². The van der Waals surface area contributed by atoms with E-state index < -0.39 is 0 Å². The van der Waals surface area contributed by atoms with Gasteiger partial charge in [-0.25, -0.2) is 0 Å². The number of allylic oxidation sites excluding steroid dienone is 2. The summed E-state index contributed by atoms with van der Waals surface area (Å²) >= 11 is 0. The van der Waals surface area contributed by atoms with Crippen molar-refractivity contribution in [2.75, 3.05) is 25.5 Å². The first kappa shape index (κ1) is 16.0. The molecule has 0 aliphatic carbocycles. The molecule has 0 spiro atoms. The van der Waals surface area contributed by atoms with Crippen molar-refractivity contribution in [3.63, 3.8) is 0 Å². The van der Waals surface area contributed by atoms with E-state index in [1.165, 1.54) is 16.5 Å². The van der Waals surface area contributed by atoms with Crippen LogP contribution in [-0.4, -0.2) is 20.6 Å². The normalized spacial score (nSPS) is 13.6. The van der Waals surface area contributed by atoms with Gasteiger partial charge in [0.25, 0.3) is 0 Å². The van der Waals surface area contributed by atoms with E-state index in [1.54, 1.807) is 0 Å². The highest BCUT2D eigenvalue weighted by Gasteiger charge is 2.14. The van der Waals surface area contributed by atoms with E-state index in [1.807, 2.05) is 38.5 Å². The first-order valence-corrected chi connectivity index (χ1v) is 8.50. The molecule has 0 bridgehead atoms. The lowest BCUT2D eigenvalue weighted by Gasteiger charge is -2.13. The first-order chi connectivity index (χ1) is 12.7. The van der Waals surface area contributed by atoms with Gasteiger partial charge in [-0.15, -0.1) is 0 Å². The second-order valence-corrected chi connectivity index (χ2v) is 6.52. The van der Waals surface area contributed by atoms with Gasteiger partial charge < -0.3 is 14.6 Å². The lowest BCUT2D eigenvalue weighted by molar-refractivity contribution is 0.568. The van der Waals surface area contributed by atoms with Crippen LogP contribution >= 0.6 is 0 Å². The lowest BCUT2D eigenvalue weighted by Crippen LogP contribution is -2.13. The number of benzene rings is 2. The second-order valence-electron chi connectivity index (χ2n) is 6.52. The monoisotopic (exact) mass is 341 g/mol. The van der Waals surface area contributed by atoms with E-state index in [-0.39, 0.29) is 0 Å². The van der Waals surface area contributed by atoms with Crippen molar-refractivity contribution in [3.8, 4) is 17.4 Å². The molecule has 0 unspecified atom stereocenters. The average Bonchev–Trinajstić information content (AvgIpc) is 3.17. The Labute approximate surface area is 152 Å². The van der Waals surface area contributed by atoms with Crippen LogP contribution in [0.15, 0.2) is 70.8 Å². The van der Waals surface area contributed by atoms with Crippen molar-refractivity contribution in [1.82, 2.24) is 5.32 Å². The Kier molecular flexibility index (Phi) is 3.98. The Balaban J connectivity index is 1.72. The quantitative estimate of drug-likeness (QED) is 0.759. The van der Waals surface area contributed by atoms with Gasteiger partial charge >= 0.3 is 0 Å². The lowest BCUT2D eigenvalue weighted by atomic mass is 10.0. The van der Waals surface area contributed by atoms with Crippen LogP contribution in [0.1, 0.15) is 5.76 Å². The van der Waals surface area contributed by atoms with Crippen molar-refractivity contribution >= 4 is 22.0 Å². The Morgan fingerprint density at radius 2 is 1.77 bits per heavy atom. The van der Waals surface area contributed by atoms with E-state index in [0.29, 0.717) is 12.1 Å². The third-order valence-electron chi connectivity index (χ3n) is 4.60. The summed E-state index contributed by atoms with van der Waals surface area (Å²) in [6.45, 7) is 0.530. The van der Waals surface area contributed by atoms with Gasteiger partial charge in [-0.2, -0.15) is 5.26 Å². The smallest absolute Gasteiger partial charge is 0.135 e. The highest BCUT2D eigenvalue weighted by molar-refractivity contribution is 5.89. The summed E-state index contributed by atoms with van der Waals surface area (Å²) in [5, 5.41) is 14.7. The zero-order valence-electron chi connectivity index (χ0n) is 14.8. The molecule has 0 saturated carbocycles. The Morgan fingerprint density at radius 1 is 1.00 bits per heavy atom. The van der Waals surface area contributed by atoms with Gasteiger partial charge in [0.05, 0.1) is 18.2 Å². The van der Waals surface area contributed by atoms with Crippen LogP contribution in [0.5, 0.6) is 0 Å². The summed E-state index contributed by atoms with van der Waals surface area (Å²) in [4.78, 5) is 2.10. The molecule has 26 heavy (non-hydrogen) atoms. The van der Waals surface area contributed by atoms with Crippen LogP contribution in [0.2, 0.25) is 0 Å². The molecule has 4 heteroatoms. The fourth-order valence-electron chi connectivity index (χ4n) is 3.13. The molecule has 0 fully saturated rings. The standard InChI is InChI=1S/C22H19N3O/c1-25(2)19-6-5-15-11-17(4-3-16(15)12-19)21-7-8-22(26-21)20-9-10-24-14-18(20)13-23/h3-12,24H,14H2,1-2H3. The van der Waals surface area contributed by atoms with Gasteiger partial charge in [0.2, 0.25) is 0 Å². The SMILES string of the molecule is CN(C)c1ccc2cc(-c3ccc(C4=C(C#N)CNC=C4)o3)ccc2c1. The number of furan rings is 1. The fourth-order valence-corrected chi connectivity index (χ4v) is 3.13.